The van der Waals surface area contributed by atoms with E-state index in [0.29, 0.717) is 0 Å². The topological polar surface area (TPSA) is 0 Å². The molecule has 1 rings (SSSR count). The van der Waals surface area contributed by atoms with Crippen LogP contribution in [-0.2, 0) is 0 Å². The van der Waals surface area contributed by atoms with E-state index in [0.717, 1.165) is 0 Å². The maximum absolute atomic E-state index is 2.36. The van der Waals surface area contributed by atoms with Crippen molar-refractivity contribution in [3.05, 3.63) is 23.3 Å². The standard InChI is InChI=1S/C10H16/c1-9-5-3-4-6-10(2)8-7-9/h5,8H,3-4,6-7H2,1-2H3/b9-5-,10-8-. The van der Waals surface area contributed by atoms with Gasteiger partial charge >= 0.3 is 0 Å². The molecule has 0 N–H and O–H groups in total. The first-order valence-electron chi connectivity index (χ1n) is 4.10. The second-order valence-corrected chi connectivity index (χ2v) is 3.20. The van der Waals surface area contributed by atoms with Crippen LogP contribution in [0.25, 0.3) is 0 Å². The van der Waals surface area contributed by atoms with Crippen LogP contribution in [0.3, 0.4) is 0 Å². The Balaban J connectivity index is 2.55. The Labute approximate surface area is 63.6 Å². The molecule has 0 bridgehead atoms. The third-order valence-corrected chi connectivity index (χ3v) is 2.04. The normalized spacial score (nSPS) is 31.0. The quantitative estimate of drug-likeness (QED) is 0.447. The van der Waals surface area contributed by atoms with E-state index in [1.165, 1.54) is 31.3 Å². The summed E-state index contributed by atoms with van der Waals surface area (Å²) in [6, 6.07) is 0. The Bertz CT molecular complexity index is 161. The predicted molar refractivity (Wildman–Crippen MR) is 46.0 cm³/mol. The van der Waals surface area contributed by atoms with Crippen LogP contribution in [0, 0.1) is 0 Å². The Morgan fingerprint density at radius 2 is 1.90 bits per heavy atom. The molecule has 0 saturated heterocycles. The van der Waals surface area contributed by atoms with Crippen molar-refractivity contribution in [2.24, 2.45) is 0 Å². The van der Waals surface area contributed by atoms with E-state index in [9.17, 15) is 0 Å². The Hall–Kier alpha value is -0.520. The minimum Gasteiger partial charge on any atom is -0.0853 e. The van der Waals surface area contributed by atoms with Crippen LogP contribution in [0.5, 0.6) is 0 Å². The fraction of sp³-hybridized carbons (Fsp3) is 0.600. The van der Waals surface area contributed by atoms with Crippen molar-refractivity contribution in [2.45, 2.75) is 39.5 Å². The van der Waals surface area contributed by atoms with E-state index >= 15 is 0 Å². The van der Waals surface area contributed by atoms with Gasteiger partial charge in [-0.05, 0) is 39.5 Å². The minimum atomic E-state index is 1.17. The Morgan fingerprint density at radius 3 is 2.70 bits per heavy atom. The van der Waals surface area contributed by atoms with Gasteiger partial charge in [0.15, 0.2) is 0 Å². The highest BCUT2D eigenvalue weighted by molar-refractivity contribution is 5.11. The van der Waals surface area contributed by atoms with Crippen molar-refractivity contribution in [1.29, 1.82) is 0 Å². The summed E-state index contributed by atoms with van der Waals surface area (Å²) in [6.07, 6.45) is 9.79. The monoisotopic (exact) mass is 136 g/mol. The van der Waals surface area contributed by atoms with E-state index in [2.05, 4.69) is 26.0 Å². The third-order valence-electron chi connectivity index (χ3n) is 2.04. The molecule has 0 heterocycles. The van der Waals surface area contributed by atoms with Crippen LogP contribution in [0.4, 0.5) is 0 Å². The molecule has 0 aliphatic heterocycles. The molecule has 10 heavy (non-hydrogen) atoms. The van der Waals surface area contributed by atoms with Crippen molar-refractivity contribution in [2.75, 3.05) is 0 Å². The van der Waals surface area contributed by atoms with Crippen molar-refractivity contribution >= 4 is 0 Å². The van der Waals surface area contributed by atoms with Gasteiger partial charge in [-0.3, -0.25) is 0 Å². The first-order chi connectivity index (χ1) is 4.79. The van der Waals surface area contributed by atoms with Gasteiger partial charge in [-0.25, -0.2) is 0 Å². The molecular formula is C10H16. The van der Waals surface area contributed by atoms with Crippen molar-refractivity contribution in [3.8, 4) is 0 Å². The second kappa shape index (κ2) is 3.60. The lowest BCUT2D eigenvalue weighted by molar-refractivity contribution is 0.810. The number of hydrogen-bond donors (Lipinski definition) is 0. The minimum absolute atomic E-state index is 1.17. The highest BCUT2D eigenvalue weighted by atomic mass is 14.0. The predicted octanol–water partition coefficient (Wildman–Crippen LogP) is 3.45. The average Bonchev–Trinajstić information content (AvgIpc) is 1.90. The third kappa shape index (κ3) is 2.38. The molecule has 0 fully saturated rings. The Kier molecular flexibility index (Phi) is 2.73. The highest BCUT2D eigenvalue weighted by Gasteiger charge is 1.95. The lowest BCUT2D eigenvalue weighted by atomic mass is 10.0. The van der Waals surface area contributed by atoms with Gasteiger partial charge in [-0.15, -0.1) is 0 Å². The lowest BCUT2D eigenvalue weighted by Crippen LogP contribution is -1.84. The molecule has 0 heteroatoms. The van der Waals surface area contributed by atoms with Crippen LogP contribution in [0.1, 0.15) is 39.5 Å². The first kappa shape index (κ1) is 7.59. The molecule has 0 radical (unpaired) electrons. The smallest absolute Gasteiger partial charge is 0.0139 e. The summed E-state index contributed by atoms with van der Waals surface area (Å²) in [5.74, 6) is 0. The summed E-state index contributed by atoms with van der Waals surface area (Å²) in [7, 11) is 0. The van der Waals surface area contributed by atoms with Gasteiger partial charge < -0.3 is 0 Å². The van der Waals surface area contributed by atoms with Gasteiger partial charge in [0.05, 0.1) is 0 Å². The van der Waals surface area contributed by atoms with E-state index in [1.807, 2.05) is 0 Å². The molecule has 0 aromatic heterocycles. The van der Waals surface area contributed by atoms with Gasteiger partial charge in [-0.2, -0.15) is 0 Å². The van der Waals surface area contributed by atoms with Crippen LogP contribution in [0.2, 0.25) is 0 Å². The summed E-state index contributed by atoms with van der Waals surface area (Å²) in [4.78, 5) is 0. The molecule has 0 aromatic rings. The van der Waals surface area contributed by atoms with E-state index in [-0.39, 0.29) is 0 Å². The van der Waals surface area contributed by atoms with Crippen molar-refractivity contribution in [3.63, 3.8) is 0 Å². The fourth-order valence-corrected chi connectivity index (χ4v) is 1.25. The van der Waals surface area contributed by atoms with Crippen LogP contribution < -0.4 is 0 Å². The zero-order chi connectivity index (χ0) is 7.40. The van der Waals surface area contributed by atoms with Gasteiger partial charge in [0, 0.05) is 0 Å². The molecule has 56 valence electrons. The van der Waals surface area contributed by atoms with E-state index in [4.69, 9.17) is 0 Å². The fourth-order valence-electron chi connectivity index (χ4n) is 1.25. The SMILES string of the molecule is C/C1=C/CCC/C(C)=C\C1. The lowest BCUT2D eigenvalue weighted by Gasteiger charge is -2.05. The van der Waals surface area contributed by atoms with Crippen molar-refractivity contribution in [1.82, 2.24) is 0 Å². The first-order valence-corrected chi connectivity index (χ1v) is 4.10. The summed E-state index contributed by atoms with van der Waals surface area (Å²) in [5, 5.41) is 0. The summed E-state index contributed by atoms with van der Waals surface area (Å²) >= 11 is 0. The van der Waals surface area contributed by atoms with E-state index < -0.39 is 0 Å². The number of hydrogen-bond acceptors (Lipinski definition) is 0. The van der Waals surface area contributed by atoms with Crippen LogP contribution in [0.15, 0.2) is 23.3 Å². The molecule has 0 spiro atoms. The number of allylic oxidation sites excluding steroid dienone is 4. The zero-order valence-corrected chi connectivity index (χ0v) is 6.98. The molecule has 0 saturated carbocycles. The summed E-state index contributed by atoms with van der Waals surface area (Å²) in [5.41, 5.74) is 3.09. The van der Waals surface area contributed by atoms with Gasteiger partial charge in [0.1, 0.15) is 0 Å². The van der Waals surface area contributed by atoms with Crippen LogP contribution >= 0.6 is 0 Å². The second-order valence-electron chi connectivity index (χ2n) is 3.20. The van der Waals surface area contributed by atoms with Gasteiger partial charge in [-0.1, -0.05) is 23.3 Å². The van der Waals surface area contributed by atoms with E-state index in [1.54, 1.807) is 5.57 Å². The average molecular weight is 136 g/mol. The molecule has 0 aromatic carbocycles. The maximum Gasteiger partial charge on any atom is -0.0139 e. The molecule has 0 amide bonds. The molecule has 1 aliphatic rings. The molecular weight excluding hydrogens is 120 g/mol. The van der Waals surface area contributed by atoms with Crippen LogP contribution in [-0.4, -0.2) is 0 Å². The highest BCUT2D eigenvalue weighted by Crippen LogP contribution is 2.15. The molecule has 1 aliphatic carbocycles. The molecule has 0 unspecified atom stereocenters. The van der Waals surface area contributed by atoms with Crippen molar-refractivity contribution < 1.29 is 0 Å². The largest absolute Gasteiger partial charge is 0.0853 e. The summed E-state index contributed by atoms with van der Waals surface area (Å²) in [6.45, 7) is 4.45. The summed E-state index contributed by atoms with van der Waals surface area (Å²) < 4.78 is 0. The maximum atomic E-state index is 2.36. The molecule has 0 atom stereocenters. The van der Waals surface area contributed by atoms with Gasteiger partial charge in [0.25, 0.3) is 0 Å². The number of rotatable bonds is 0. The molecule has 0 nitrogen and oxygen atoms in total. The Morgan fingerprint density at radius 1 is 1.10 bits per heavy atom. The van der Waals surface area contributed by atoms with Gasteiger partial charge in [0.2, 0.25) is 0 Å². The zero-order valence-electron chi connectivity index (χ0n) is 6.98.